The third-order valence-electron chi connectivity index (χ3n) is 2.46. The van der Waals surface area contributed by atoms with Gasteiger partial charge in [0, 0.05) is 18.6 Å². The molecule has 0 unspecified atom stereocenters. The van der Waals surface area contributed by atoms with Gasteiger partial charge in [0.1, 0.15) is 6.33 Å². The molecule has 1 heterocycles. The maximum absolute atomic E-state index is 11.3. The molecule has 0 saturated heterocycles. The molecule has 0 spiro atoms. The Bertz CT molecular complexity index is 664. The van der Waals surface area contributed by atoms with Crippen molar-refractivity contribution in [1.29, 1.82) is 0 Å². The molecule has 2 N–H and O–H groups in total. The lowest BCUT2D eigenvalue weighted by Crippen LogP contribution is -2.21. The number of benzene rings is 1. The topological polar surface area (TPSA) is 96.2 Å². The molecule has 2 aromatic rings. The summed E-state index contributed by atoms with van der Waals surface area (Å²) in [6.45, 7) is 0. The minimum Gasteiger partial charge on any atom is -0.333 e. The van der Waals surface area contributed by atoms with E-state index in [1.165, 1.54) is 6.33 Å². The smallest absolute Gasteiger partial charge is 0.333 e. The molecular weight excluding hydrogens is 340 g/mol. The van der Waals surface area contributed by atoms with Crippen LogP contribution in [0.2, 0.25) is 0 Å². The van der Waals surface area contributed by atoms with E-state index < -0.39 is 4.92 Å². The number of nitrogens with zero attached hydrogens (tertiary/aromatic N) is 4. The van der Waals surface area contributed by atoms with Gasteiger partial charge in [0.2, 0.25) is 11.6 Å². The van der Waals surface area contributed by atoms with Crippen molar-refractivity contribution in [2.75, 3.05) is 24.8 Å². The number of hydrogen-bond acceptors (Lipinski definition) is 7. The van der Waals surface area contributed by atoms with E-state index in [1.54, 1.807) is 25.2 Å². The molecule has 0 aliphatic rings. The van der Waals surface area contributed by atoms with E-state index >= 15 is 0 Å². The van der Waals surface area contributed by atoms with Crippen molar-refractivity contribution in [3.63, 3.8) is 0 Å². The van der Waals surface area contributed by atoms with Crippen molar-refractivity contribution in [3.8, 4) is 0 Å². The molecule has 21 heavy (non-hydrogen) atoms. The Balaban J connectivity index is 2.44. The van der Waals surface area contributed by atoms with Crippen molar-refractivity contribution in [2.24, 2.45) is 0 Å². The van der Waals surface area contributed by atoms with E-state index in [9.17, 15) is 10.1 Å². The maximum Gasteiger partial charge on any atom is 0.354 e. The molecule has 0 fully saturated rings. The first-order chi connectivity index (χ1) is 9.99. The van der Waals surface area contributed by atoms with Gasteiger partial charge >= 0.3 is 5.69 Å². The van der Waals surface area contributed by atoms with E-state index in [0.717, 1.165) is 4.47 Å². The molecular formula is C12H13BrN6O2. The van der Waals surface area contributed by atoms with Gasteiger partial charge in [-0.2, -0.15) is 0 Å². The van der Waals surface area contributed by atoms with Gasteiger partial charge in [-0.05, 0) is 28.1 Å². The number of para-hydroxylation sites is 1. The van der Waals surface area contributed by atoms with Crippen LogP contribution >= 0.6 is 15.9 Å². The van der Waals surface area contributed by atoms with Crippen LogP contribution in [-0.4, -0.2) is 34.0 Å². The summed E-state index contributed by atoms with van der Waals surface area (Å²) in [7, 11) is 3.43. The van der Waals surface area contributed by atoms with Crippen LogP contribution in [-0.2, 0) is 0 Å². The van der Waals surface area contributed by atoms with E-state index in [2.05, 4.69) is 36.6 Å². The lowest BCUT2D eigenvalue weighted by Gasteiger charge is -2.14. The standard InChI is InChI=1S/C12H13BrN6O2/c1-18(2)17-12-10(19(20)21)11(14-7-15-12)16-9-6-4-3-5-8(9)13/h3-7H,1-2H3,(H2,14,15,16,17). The number of rotatable bonds is 5. The fraction of sp³-hybridized carbons (Fsp3) is 0.167. The summed E-state index contributed by atoms with van der Waals surface area (Å²) in [5.41, 5.74) is 3.24. The minimum absolute atomic E-state index is 0.117. The molecule has 8 nitrogen and oxygen atoms in total. The number of hydrazine groups is 1. The monoisotopic (exact) mass is 352 g/mol. The number of anilines is 3. The van der Waals surface area contributed by atoms with Gasteiger partial charge in [-0.15, -0.1) is 0 Å². The largest absolute Gasteiger partial charge is 0.354 e. The van der Waals surface area contributed by atoms with Crippen LogP contribution in [0.4, 0.5) is 23.0 Å². The number of aromatic nitrogens is 2. The summed E-state index contributed by atoms with van der Waals surface area (Å²) >= 11 is 3.37. The summed E-state index contributed by atoms with van der Waals surface area (Å²) in [5, 5.41) is 15.8. The maximum atomic E-state index is 11.3. The molecule has 0 saturated carbocycles. The number of nitrogens with one attached hydrogen (secondary N) is 2. The van der Waals surface area contributed by atoms with Gasteiger partial charge in [-0.3, -0.25) is 15.5 Å². The molecule has 1 aromatic carbocycles. The van der Waals surface area contributed by atoms with Crippen molar-refractivity contribution >= 4 is 38.9 Å². The van der Waals surface area contributed by atoms with E-state index in [0.29, 0.717) is 5.69 Å². The molecule has 0 aliphatic heterocycles. The highest BCUT2D eigenvalue weighted by molar-refractivity contribution is 9.10. The normalized spacial score (nSPS) is 10.5. The summed E-state index contributed by atoms with van der Waals surface area (Å²) in [5.74, 6) is 0.237. The number of halogens is 1. The van der Waals surface area contributed by atoms with Crippen molar-refractivity contribution in [1.82, 2.24) is 15.0 Å². The first-order valence-corrected chi connectivity index (χ1v) is 6.73. The molecule has 9 heteroatoms. The van der Waals surface area contributed by atoms with Gasteiger partial charge in [0.25, 0.3) is 0 Å². The Kier molecular flexibility index (Phi) is 4.66. The Labute approximate surface area is 129 Å². The van der Waals surface area contributed by atoms with Crippen LogP contribution in [0.15, 0.2) is 35.1 Å². The van der Waals surface area contributed by atoms with Crippen molar-refractivity contribution in [2.45, 2.75) is 0 Å². The molecule has 110 valence electrons. The number of hydrogen-bond donors (Lipinski definition) is 2. The highest BCUT2D eigenvalue weighted by atomic mass is 79.9. The summed E-state index contributed by atoms with van der Waals surface area (Å²) in [4.78, 5) is 18.7. The fourth-order valence-corrected chi connectivity index (χ4v) is 2.01. The zero-order valence-corrected chi connectivity index (χ0v) is 13.0. The second kappa shape index (κ2) is 6.46. The van der Waals surface area contributed by atoms with Gasteiger partial charge in [0.05, 0.1) is 10.6 Å². The molecule has 1 aromatic heterocycles. The molecule has 0 atom stereocenters. The second-order valence-electron chi connectivity index (χ2n) is 4.29. The molecule has 0 radical (unpaired) electrons. The molecule has 0 aliphatic carbocycles. The zero-order chi connectivity index (χ0) is 15.4. The molecule has 0 bridgehead atoms. The molecule has 0 amide bonds. The first-order valence-electron chi connectivity index (χ1n) is 5.94. The third kappa shape index (κ3) is 3.64. The summed E-state index contributed by atoms with van der Waals surface area (Å²) in [6.07, 6.45) is 1.26. The predicted molar refractivity (Wildman–Crippen MR) is 83.4 cm³/mol. The Morgan fingerprint density at radius 2 is 1.90 bits per heavy atom. The Morgan fingerprint density at radius 1 is 1.24 bits per heavy atom. The fourth-order valence-electron chi connectivity index (χ4n) is 1.63. The van der Waals surface area contributed by atoms with Crippen LogP contribution in [0.3, 0.4) is 0 Å². The van der Waals surface area contributed by atoms with E-state index in [-0.39, 0.29) is 17.3 Å². The van der Waals surface area contributed by atoms with Crippen LogP contribution < -0.4 is 10.7 Å². The average molecular weight is 353 g/mol. The SMILES string of the molecule is CN(C)Nc1ncnc(Nc2ccccc2Br)c1[N+](=O)[O-]. The van der Waals surface area contributed by atoms with Crippen LogP contribution in [0.1, 0.15) is 0 Å². The lowest BCUT2D eigenvalue weighted by molar-refractivity contribution is -0.383. The van der Waals surface area contributed by atoms with Crippen molar-refractivity contribution < 1.29 is 4.92 Å². The third-order valence-corrected chi connectivity index (χ3v) is 3.15. The van der Waals surface area contributed by atoms with E-state index in [4.69, 9.17) is 0 Å². The Hall–Kier alpha value is -2.26. The minimum atomic E-state index is -0.523. The average Bonchev–Trinajstić information content (AvgIpc) is 2.40. The highest BCUT2D eigenvalue weighted by Gasteiger charge is 2.23. The second-order valence-corrected chi connectivity index (χ2v) is 5.14. The summed E-state index contributed by atoms with van der Waals surface area (Å²) in [6, 6.07) is 7.28. The summed E-state index contributed by atoms with van der Waals surface area (Å²) < 4.78 is 0.778. The molecule has 2 rings (SSSR count). The predicted octanol–water partition coefficient (Wildman–Crippen LogP) is 2.78. The van der Waals surface area contributed by atoms with Gasteiger partial charge < -0.3 is 5.32 Å². The van der Waals surface area contributed by atoms with Crippen LogP contribution in [0.25, 0.3) is 0 Å². The van der Waals surface area contributed by atoms with Crippen LogP contribution in [0.5, 0.6) is 0 Å². The van der Waals surface area contributed by atoms with Gasteiger partial charge in [-0.25, -0.2) is 15.0 Å². The number of nitro groups is 1. The van der Waals surface area contributed by atoms with Crippen LogP contribution in [0, 0.1) is 10.1 Å². The van der Waals surface area contributed by atoms with Gasteiger partial charge in [0.15, 0.2) is 0 Å². The van der Waals surface area contributed by atoms with Crippen molar-refractivity contribution in [3.05, 3.63) is 45.2 Å². The zero-order valence-electron chi connectivity index (χ0n) is 11.4. The lowest BCUT2D eigenvalue weighted by atomic mass is 10.3. The Morgan fingerprint density at radius 3 is 2.52 bits per heavy atom. The van der Waals surface area contributed by atoms with E-state index in [1.807, 2.05) is 18.2 Å². The van der Waals surface area contributed by atoms with Gasteiger partial charge in [-0.1, -0.05) is 12.1 Å². The highest BCUT2D eigenvalue weighted by Crippen LogP contribution is 2.33. The first kappa shape index (κ1) is 15.1. The quantitative estimate of drug-likeness (QED) is 0.630.